The van der Waals surface area contributed by atoms with Crippen molar-refractivity contribution in [3.8, 4) is 11.4 Å². The van der Waals surface area contributed by atoms with Crippen LogP contribution in [0.5, 0.6) is 0 Å². The highest BCUT2D eigenvalue weighted by Gasteiger charge is 2.35. The van der Waals surface area contributed by atoms with Crippen LogP contribution in [0.2, 0.25) is 0 Å². The summed E-state index contributed by atoms with van der Waals surface area (Å²) in [4.78, 5) is 11.2. The summed E-state index contributed by atoms with van der Waals surface area (Å²) in [5, 5.41) is 0. The number of fused-ring (bicyclic) bond motifs is 1. The average Bonchev–Trinajstić information content (AvgIpc) is 2.88. The first kappa shape index (κ1) is 23.7. The Labute approximate surface area is 201 Å². The van der Waals surface area contributed by atoms with Crippen LogP contribution in [0.4, 0.5) is 19.0 Å². The largest absolute Gasteiger partial charge is 0.416 e. The number of anilines is 1. The van der Waals surface area contributed by atoms with E-state index in [1.54, 1.807) is 0 Å². The van der Waals surface area contributed by atoms with E-state index in [9.17, 15) is 21.6 Å². The molecule has 3 heterocycles. The lowest BCUT2D eigenvalue weighted by Gasteiger charge is -2.34. The van der Waals surface area contributed by atoms with E-state index >= 15 is 0 Å². The summed E-state index contributed by atoms with van der Waals surface area (Å²) in [5.74, 6) is 1.20. The summed E-state index contributed by atoms with van der Waals surface area (Å²) in [6.07, 6.45) is -4.31. The smallest absolute Gasteiger partial charge is 0.378 e. The number of benzene rings is 2. The van der Waals surface area contributed by atoms with Gasteiger partial charge in [-0.25, -0.2) is 18.4 Å². The van der Waals surface area contributed by atoms with E-state index in [1.807, 2.05) is 30.3 Å². The van der Waals surface area contributed by atoms with Crippen LogP contribution in [0.1, 0.15) is 16.8 Å². The monoisotopic (exact) mass is 504 g/mol. The van der Waals surface area contributed by atoms with Crippen molar-refractivity contribution in [1.29, 1.82) is 0 Å². The van der Waals surface area contributed by atoms with Gasteiger partial charge in [0.1, 0.15) is 5.82 Å². The molecule has 0 amide bonds. The van der Waals surface area contributed by atoms with Gasteiger partial charge in [-0.15, -0.1) is 0 Å². The minimum Gasteiger partial charge on any atom is -0.378 e. The molecule has 184 valence electrons. The number of alkyl halides is 3. The quantitative estimate of drug-likeness (QED) is 0.539. The highest BCUT2D eigenvalue weighted by atomic mass is 32.2. The molecule has 0 bridgehead atoms. The Hall–Kier alpha value is -3.02. The van der Waals surface area contributed by atoms with Crippen LogP contribution >= 0.6 is 0 Å². The molecule has 1 saturated heterocycles. The Balaban J connectivity index is 1.54. The van der Waals surface area contributed by atoms with Crippen LogP contribution in [0.25, 0.3) is 11.4 Å². The Morgan fingerprint density at radius 2 is 1.66 bits per heavy atom. The normalized spacial score (nSPS) is 17.3. The summed E-state index contributed by atoms with van der Waals surface area (Å²) in [5.41, 5.74) is 1.27. The van der Waals surface area contributed by atoms with Gasteiger partial charge in [-0.3, -0.25) is 0 Å². The van der Waals surface area contributed by atoms with Crippen LogP contribution in [-0.4, -0.2) is 55.5 Å². The third-order valence-corrected chi connectivity index (χ3v) is 7.99. The second kappa shape index (κ2) is 9.21. The van der Waals surface area contributed by atoms with Crippen molar-refractivity contribution < 1.29 is 26.3 Å². The molecule has 0 aliphatic carbocycles. The van der Waals surface area contributed by atoms with Crippen molar-refractivity contribution in [2.24, 2.45) is 0 Å². The molecule has 11 heteroatoms. The van der Waals surface area contributed by atoms with Crippen LogP contribution in [0, 0.1) is 0 Å². The fraction of sp³-hybridized carbons (Fsp3) is 0.333. The van der Waals surface area contributed by atoms with Crippen molar-refractivity contribution in [2.45, 2.75) is 24.0 Å². The maximum Gasteiger partial charge on any atom is 0.416 e. The van der Waals surface area contributed by atoms with Gasteiger partial charge in [-0.2, -0.15) is 17.5 Å². The maximum absolute atomic E-state index is 13.3. The molecule has 2 aliphatic rings. The molecule has 1 fully saturated rings. The number of sulfonamides is 1. The predicted octanol–water partition coefficient (Wildman–Crippen LogP) is 3.75. The SMILES string of the molecule is O=S(=O)(c1cccc(C(F)(F)F)c1)N1CCc2nc(-c3ccccc3)nc(N3CCOCC3)c2C1. The van der Waals surface area contributed by atoms with Crippen LogP contribution in [0.3, 0.4) is 0 Å². The Morgan fingerprint density at radius 1 is 0.914 bits per heavy atom. The van der Waals surface area contributed by atoms with Crippen molar-refractivity contribution >= 4 is 15.8 Å². The first-order valence-corrected chi connectivity index (χ1v) is 12.6. The van der Waals surface area contributed by atoms with E-state index in [0.29, 0.717) is 56.0 Å². The van der Waals surface area contributed by atoms with Gasteiger partial charge < -0.3 is 9.64 Å². The van der Waals surface area contributed by atoms with Crippen molar-refractivity contribution in [3.05, 3.63) is 71.4 Å². The van der Waals surface area contributed by atoms with Gasteiger partial charge in [0.05, 0.1) is 29.4 Å². The molecule has 2 aromatic carbocycles. The van der Waals surface area contributed by atoms with Crippen LogP contribution < -0.4 is 4.90 Å². The topological polar surface area (TPSA) is 75.6 Å². The minimum atomic E-state index is -4.63. The van der Waals surface area contributed by atoms with Gasteiger partial charge in [-0.05, 0) is 18.2 Å². The summed E-state index contributed by atoms with van der Waals surface area (Å²) >= 11 is 0. The molecule has 3 aromatic rings. The molecule has 0 N–H and O–H groups in total. The van der Waals surface area contributed by atoms with E-state index in [0.717, 1.165) is 23.4 Å². The maximum atomic E-state index is 13.3. The third kappa shape index (κ3) is 4.75. The Morgan fingerprint density at radius 3 is 2.37 bits per heavy atom. The lowest BCUT2D eigenvalue weighted by atomic mass is 10.1. The van der Waals surface area contributed by atoms with E-state index < -0.39 is 21.8 Å². The van der Waals surface area contributed by atoms with Crippen molar-refractivity contribution in [1.82, 2.24) is 14.3 Å². The zero-order chi connectivity index (χ0) is 24.6. The number of hydrogen-bond donors (Lipinski definition) is 0. The van der Waals surface area contributed by atoms with E-state index in [1.165, 1.54) is 10.4 Å². The van der Waals surface area contributed by atoms with Gasteiger partial charge >= 0.3 is 6.18 Å². The highest BCUT2D eigenvalue weighted by Crippen LogP contribution is 2.34. The molecule has 0 radical (unpaired) electrons. The van der Waals surface area contributed by atoms with Gasteiger partial charge in [0, 0.05) is 43.7 Å². The lowest BCUT2D eigenvalue weighted by Crippen LogP contribution is -2.41. The average molecular weight is 505 g/mol. The summed E-state index contributed by atoms with van der Waals surface area (Å²) < 4.78 is 72.9. The second-order valence-electron chi connectivity index (χ2n) is 8.38. The number of rotatable bonds is 4. The molecule has 0 spiro atoms. The summed E-state index contributed by atoms with van der Waals surface area (Å²) in [6, 6.07) is 13.4. The third-order valence-electron chi connectivity index (χ3n) is 6.15. The number of morpholine rings is 1. The molecule has 0 saturated carbocycles. The van der Waals surface area contributed by atoms with Crippen molar-refractivity contribution in [3.63, 3.8) is 0 Å². The van der Waals surface area contributed by atoms with Gasteiger partial charge in [0.25, 0.3) is 0 Å². The molecule has 35 heavy (non-hydrogen) atoms. The number of ether oxygens (including phenoxy) is 1. The Kier molecular flexibility index (Phi) is 6.24. The Bertz CT molecular complexity index is 1330. The highest BCUT2D eigenvalue weighted by molar-refractivity contribution is 7.89. The van der Waals surface area contributed by atoms with Gasteiger partial charge in [0.2, 0.25) is 10.0 Å². The fourth-order valence-electron chi connectivity index (χ4n) is 4.31. The predicted molar refractivity (Wildman–Crippen MR) is 123 cm³/mol. The molecule has 0 atom stereocenters. The van der Waals surface area contributed by atoms with Crippen LogP contribution in [-0.2, 0) is 33.9 Å². The standard InChI is InChI=1S/C24H23F3N4O3S/c25-24(26,27)18-7-4-8-19(15-18)35(32,33)31-10-9-21-20(16-31)23(30-11-13-34-14-12-30)29-22(28-21)17-5-2-1-3-6-17/h1-8,15H,9-14,16H2. The van der Waals surface area contributed by atoms with Crippen molar-refractivity contribution in [2.75, 3.05) is 37.7 Å². The lowest BCUT2D eigenvalue weighted by molar-refractivity contribution is -0.137. The van der Waals surface area contributed by atoms with E-state index in [4.69, 9.17) is 14.7 Å². The van der Waals surface area contributed by atoms with Gasteiger partial charge in [-0.1, -0.05) is 36.4 Å². The summed E-state index contributed by atoms with van der Waals surface area (Å²) in [7, 11) is -4.16. The number of aromatic nitrogens is 2. The molecule has 5 rings (SSSR count). The number of halogens is 3. The summed E-state index contributed by atoms with van der Waals surface area (Å²) in [6.45, 7) is 2.32. The van der Waals surface area contributed by atoms with Crippen LogP contribution in [0.15, 0.2) is 59.5 Å². The van der Waals surface area contributed by atoms with E-state index in [2.05, 4.69) is 4.90 Å². The van der Waals surface area contributed by atoms with Gasteiger partial charge in [0.15, 0.2) is 5.82 Å². The fourth-order valence-corrected chi connectivity index (χ4v) is 5.77. The van der Waals surface area contributed by atoms with E-state index in [-0.39, 0.29) is 18.0 Å². The zero-order valence-electron chi connectivity index (χ0n) is 18.7. The minimum absolute atomic E-state index is 0.0182. The molecular formula is C24H23F3N4O3S. The zero-order valence-corrected chi connectivity index (χ0v) is 19.5. The molecule has 1 aromatic heterocycles. The first-order chi connectivity index (χ1) is 16.7. The molecule has 2 aliphatic heterocycles. The molecule has 7 nitrogen and oxygen atoms in total. The molecular weight excluding hydrogens is 481 g/mol. The molecule has 0 unspecified atom stereocenters. The first-order valence-electron chi connectivity index (χ1n) is 11.2. The number of nitrogens with zero attached hydrogens (tertiary/aromatic N) is 4. The second-order valence-corrected chi connectivity index (χ2v) is 10.3. The number of hydrogen-bond acceptors (Lipinski definition) is 6.